The Morgan fingerprint density at radius 3 is 2.76 bits per heavy atom. The number of likely N-dealkylation sites (N-methyl/N-ethyl adjacent to an activating group) is 1. The number of thiazole rings is 1. The van der Waals surface area contributed by atoms with Crippen LogP contribution in [0.5, 0.6) is 0 Å². The normalized spacial score (nSPS) is 11.5. The monoisotopic (exact) mass is 514 g/mol. The van der Waals surface area contributed by atoms with Crippen LogP contribution in [0.1, 0.15) is 35.7 Å². The van der Waals surface area contributed by atoms with Crippen molar-refractivity contribution in [1.82, 2.24) is 24.6 Å². The van der Waals surface area contributed by atoms with Crippen LogP contribution < -0.4 is 16.1 Å². The highest BCUT2D eigenvalue weighted by Crippen LogP contribution is 2.31. The molecule has 0 aliphatic rings. The van der Waals surface area contributed by atoms with Gasteiger partial charge in [-0.05, 0) is 55.9 Å². The molecule has 0 saturated heterocycles. The first-order valence-electron chi connectivity index (χ1n) is 12.5. The van der Waals surface area contributed by atoms with Crippen molar-refractivity contribution in [3.63, 3.8) is 0 Å². The first kappa shape index (κ1) is 24.9. The molecule has 5 aromatic rings. The lowest BCUT2D eigenvalue weighted by atomic mass is 10.1. The summed E-state index contributed by atoms with van der Waals surface area (Å²) in [6.07, 6.45) is 7.46. The zero-order chi connectivity index (χ0) is 25.8. The lowest BCUT2D eigenvalue weighted by Crippen LogP contribution is -2.35. The summed E-state index contributed by atoms with van der Waals surface area (Å²) >= 11 is 1.44. The first-order valence-corrected chi connectivity index (χ1v) is 13.3. The van der Waals surface area contributed by atoms with Crippen molar-refractivity contribution in [2.45, 2.75) is 26.3 Å². The van der Waals surface area contributed by atoms with Gasteiger partial charge in [-0.2, -0.15) is 0 Å². The number of hydrogen-bond donors (Lipinski definition) is 2. The number of nitrogens with one attached hydrogen (secondary N) is 2. The molecule has 0 atom stereocenters. The van der Waals surface area contributed by atoms with Crippen molar-refractivity contribution >= 4 is 49.0 Å². The Kier molecular flexibility index (Phi) is 7.43. The van der Waals surface area contributed by atoms with Gasteiger partial charge in [-0.1, -0.05) is 25.5 Å². The highest BCUT2D eigenvalue weighted by Gasteiger charge is 2.22. The molecule has 9 heteroatoms. The summed E-state index contributed by atoms with van der Waals surface area (Å²) < 4.78 is 2.93. The van der Waals surface area contributed by atoms with Crippen LogP contribution >= 0.6 is 11.3 Å². The Labute approximate surface area is 219 Å². The highest BCUT2D eigenvalue weighted by molar-refractivity contribution is 7.24. The number of fused-ring (bicyclic) bond motifs is 5. The minimum Gasteiger partial charge on any atom is -0.380 e. The summed E-state index contributed by atoms with van der Waals surface area (Å²) in [6.45, 7) is 4.90. The average Bonchev–Trinajstić information content (AvgIpc) is 3.30. The van der Waals surface area contributed by atoms with E-state index in [0.29, 0.717) is 34.6 Å². The van der Waals surface area contributed by atoms with E-state index in [2.05, 4.69) is 32.4 Å². The van der Waals surface area contributed by atoms with Crippen molar-refractivity contribution in [1.29, 1.82) is 0 Å². The lowest BCUT2D eigenvalue weighted by Gasteiger charge is -2.16. The van der Waals surface area contributed by atoms with E-state index in [9.17, 15) is 9.59 Å². The number of aromatic nitrogens is 3. The molecular weight excluding hydrogens is 484 g/mol. The quantitative estimate of drug-likeness (QED) is 0.285. The molecule has 0 aliphatic carbocycles. The van der Waals surface area contributed by atoms with Crippen LogP contribution in [0.15, 0.2) is 65.8 Å². The van der Waals surface area contributed by atoms with E-state index in [1.54, 1.807) is 24.7 Å². The summed E-state index contributed by atoms with van der Waals surface area (Å²) in [5, 5.41) is 6.72. The number of carbonyl (C=O) groups is 1. The molecule has 0 bridgehead atoms. The zero-order valence-electron chi connectivity index (χ0n) is 21.0. The predicted octanol–water partition coefficient (Wildman–Crippen LogP) is 4.53. The number of para-hydroxylation sites is 1. The molecule has 1 aromatic carbocycles. The van der Waals surface area contributed by atoms with Crippen LogP contribution in [0.25, 0.3) is 26.1 Å². The number of hydrogen-bond acceptors (Lipinski definition) is 7. The van der Waals surface area contributed by atoms with Gasteiger partial charge in [0.1, 0.15) is 16.0 Å². The molecule has 8 nitrogen and oxygen atoms in total. The van der Waals surface area contributed by atoms with Gasteiger partial charge in [0, 0.05) is 32.0 Å². The van der Waals surface area contributed by atoms with Crippen LogP contribution in [0.3, 0.4) is 0 Å². The van der Waals surface area contributed by atoms with Gasteiger partial charge in [0.05, 0.1) is 27.5 Å². The number of nitrogens with zero attached hydrogens (tertiary/aromatic N) is 4. The maximum atomic E-state index is 13.8. The smallest absolute Gasteiger partial charge is 0.258 e. The number of rotatable bonds is 10. The maximum Gasteiger partial charge on any atom is 0.258 e. The average molecular weight is 515 g/mol. The van der Waals surface area contributed by atoms with Crippen molar-refractivity contribution in [2.24, 2.45) is 0 Å². The second-order valence-electron chi connectivity index (χ2n) is 9.13. The third kappa shape index (κ3) is 5.19. The van der Waals surface area contributed by atoms with Gasteiger partial charge < -0.3 is 15.5 Å². The van der Waals surface area contributed by atoms with Gasteiger partial charge in [-0.3, -0.25) is 19.0 Å². The standard InChI is InChI=1S/C28H30N6O2S/c1-3-4-14-33(2)15-13-30-27(36)24-25(35)21-16-20(31-17-19-9-11-29-12-10-19)18-32-26(21)34-22-7-5-6-8-23(22)37-28(24)34/h5-12,16,18,31H,3-4,13-15,17H2,1-2H3,(H,30,36). The lowest BCUT2D eigenvalue weighted by molar-refractivity contribution is 0.0950. The second kappa shape index (κ2) is 11.1. The molecule has 0 unspecified atom stereocenters. The molecule has 5 rings (SSSR count). The van der Waals surface area contributed by atoms with Gasteiger partial charge in [0.2, 0.25) is 5.43 Å². The molecule has 0 radical (unpaired) electrons. The molecule has 4 heterocycles. The van der Waals surface area contributed by atoms with Crippen LogP contribution in [-0.4, -0.2) is 51.9 Å². The molecule has 0 fully saturated rings. The van der Waals surface area contributed by atoms with Gasteiger partial charge in [-0.25, -0.2) is 4.98 Å². The second-order valence-corrected chi connectivity index (χ2v) is 10.2. The molecule has 37 heavy (non-hydrogen) atoms. The topological polar surface area (TPSA) is 91.6 Å². The highest BCUT2D eigenvalue weighted by atomic mass is 32.1. The number of unbranched alkanes of at least 4 members (excludes halogenated alkanes) is 1. The van der Waals surface area contributed by atoms with Gasteiger partial charge in [0.25, 0.3) is 5.91 Å². The molecule has 0 saturated carbocycles. The van der Waals surface area contributed by atoms with E-state index in [-0.39, 0.29) is 16.9 Å². The Bertz CT molecular complexity index is 1610. The van der Waals surface area contributed by atoms with Crippen LogP contribution in [-0.2, 0) is 6.54 Å². The fourth-order valence-electron chi connectivity index (χ4n) is 4.39. The van der Waals surface area contributed by atoms with E-state index in [4.69, 9.17) is 0 Å². The summed E-state index contributed by atoms with van der Waals surface area (Å²) in [5.74, 6) is -0.352. The summed E-state index contributed by atoms with van der Waals surface area (Å²) in [7, 11) is 2.04. The third-order valence-corrected chi connectivity index (χ3v) is 7.57. The SMILES string of the molecule is CCCCN(C)CCNC(=O)c1c(=O)c2cc(NCc3ccncc3)cnc2n2c1sc1ccccc12. The Morgan fingerprint density at radius 2 is 1.95 bits per heavy atom. The van der Waals surface area contributed by atoms with Crippen molar-refractivity contribution < 1.29 is 4.79 Å². The fraction of sp³-hybridized carbons (Fsp3) is 0.286. The minimum absolute atomic E-state index is 0.165. The largest absolute Gasteiger partial charge is 0.380 e. The summed E-state index contributed by atoms with van der Waals surface area (Å²) in [4.78, 5) is 38.7. The van der Waals surface area contributed by atoms with Gasteiger partial charge in [0.15, 0.2) is 0 Å². The van der Waals surface area contributed by atoms with E-state index in [1.807, 2.05) is 47.8 Å². The number of pyridine rings is 3. The Morgan fingerprint density at radius 1 is 1.14 bits per heavy atom. The Hall–Kier alpha value is -3.82. The van der Waals surface area contributed by atoms with Gasteiger partial charge >= 0.3 is 0 Å². The summed E-state index contributed by atoms with van der Waals surface area (Å²) in [6, 6.07) is 13.6. The van der Waals surface area contributed by atoms with Crippen molar-refractivity contribution in [3.05, 3.63) is 82.4 Å². The molecule has 4 aromatic heterocycles. The molecule has 0 spiro atoms. The van der Waals surface area contributed by atoms with Crippen molar-refractivity contribution in [3.8, 4) is 0 Å². The maximum absolute atomic E-state index is 13.8. The number of benzene rings is 1. The molecule has 0 aliphatic heterocycles. The summed E-state index contributed by atoms with van der Waals surface area (Å²) in [5.41, 5.74) is 3.10. The van der Waals surface area contributed by atoms with Crippen LogP contribution in [0, 0.1) is 0 Å². The van der Waals surface area contributed by atoms with E-state index in [1.165, 1.54) is 11.3 Å². The molecule has 1 amide bonds. The fourth-order valence-corrected chi connectivity index (χ4v) is 5.57. The molecule has 190 valence electrons. The van der Waals surface area contributed by atoms with Gasteiger partial charge in [-0.15, -0.1) is 11.3 Å². The van der Waals surface area contributed by atoms with E-state index >= 15 is 0 Å². The van der Waals surface area contributed by atoms with Crippen molar-refractivity contribution in [2.75, 3.05) is 32.0 Å². The molecular formula is C28H30N6O2S. The minimum atomic E-state index is -0.352. The zero-order valence-corrected chi connectivity index (χ0v) is 21.8. The number of carbonyl (C=O) groups excluding carboxylic acids is 1. The van der Waals surface area contributed by atoms with E-state index < -0.39 is 0 Å². The Balaban J connectivity index is 1.54. The van der Waals surface area contributed by atoms with E-state index in [0.717, 1.165) is 41.7 Å². The van der Waals surface area contributed by atoms with Crippen LogP contribution in [0.2, 0.25) is 0 Å². The number of amides is 1. The third-order valence-electron chi connectivity index (χ3n) is 6.43. The first-order chi connectivity index (χ1) is 18.1. The number of anilines is 1. The van der Waals surface area contributed by atoms with Crippen LogP contribution in [0.4, 0.5) is 5.69 Å². The molecule has 2 N–H and O–H groups in total. The predicted molar refractivity (Wildman–Crippen MR) is 151 cm³/mol.